The van der Waals surface area contributed by atoms with E-state index in [0.717, 1.165) is 28.5 Å². The molecule has 4 aromatic rings. The van der Waals surface area contributed by atoms with Crippen molar-refractivity contribution in [2.24, 2.45) is 0 Å². The second-order valence-electron chi connectivity index (χ2n) is 7.45. The summed E-state index contributed by atoms with van der Waals surface area (Å²) < 4.78 is 5.61. The molecule has 3 heteroatoms. The van der Waals surface area contributed by atoms with Gasteiger partial charge in [-0.25, -0.2) is 0 Å². The van der Waals surface area contributed by atoms with Gasteiger partial charge < -0.3 is 9.73 Å². The van der Waals surface area contributed by atoms with Crippen molar-refractivity contribution in [2.45, 2.75) is 25.7 Å². The molecule has 0 saturated carbocycles. The van der Waals surface area contributed by atoms with Crippen molar-refractivity contribution in [3.05, 3.63) is 107 Å². The number of fused-ring (bicyclic) bond motifs is 1. The van der Waals surface area contributed by atoms with Crippen molar-refractivity contribution in [3.63, 3.8) is 0 Å². The van der Waals surface area contributed by atoms with Crippen molar-refractivity contribution in [3.8, 4) is 0 Å². The number of aryl methyl sites for hydroxylation is 1. The van der Waals surface area contributed by atoms with E-state index in [1.165, 1.54) is 11.1 Å². The number of rotatable bonds is 7. The van der Waals surface area contributed by atoms with Crippen LogP contribution in [-0.4, -0.2) is 12.5 Å². The van der Waals surface area contributed by atoms with Gasteiger partial charge in [0.15, 0.2) is 0 Å². The summed E-state index contributed by atoms with van der Waals surface area (Å²) in [6, 6.07) is 27.0. The number of amides is 1. The number of hydrogen-bond acceptors (Lipinski definition) is 2. The Kier molecular flexibility index (Phi) is 5.76. The highest BCUT2D eigenvalue weighted by Crippen LogP contribution is 2.27. The summed E-state index contributed by atoms with van der Waals surface area (Å²) in [6.45, 7) is 2.66. The summed E-state index contributed by atoms with van der Waals surface area (Å²) in [7, 11) is 0. The topological polar surface area (TPSA) is 42.2 Å². The zero-order valence-electron chi connectivity index (χ0n) is 16.6. The van der Waals surface area contributed by atoms with Gasteiger partial charge in [0.1, 0.15) is 5.58 Å². The number of carbonyl (C=O) groups is 1. The van der Waals surface area contributed by atoms with E-state index in [0.29, 0.717) is 13.0 Å². The smallest absolute Gasteiger partial charge is 0.224 e. The fraction of sp³-hybridized carbons (Fsp3) is 0.192. The summed E-state index contributed by atoms with van der Waals surface area (Å²) in [4.78, 5) is 12.5. The van der Waals surface area contributed by atoms with Crippen molar-refractivity contribution >= 4 is 16.9 Å². The molecule has 0 atom stereocenters. The number of benzene rings is 3. The zero-order chi connectivity index (χ0) is 20.1. The minimum atomic E-state index is 0.0214. The standard InChI is InChI=1S/C26H25NO2/c1-19-12-13-24-22(18-29-25(24)16-19)17-26(28)27-15-14-23(20-8-4-2-5-9-20)21-10-6-3-7-11-21/h2-13,16,18,23H,14-15,17H2,1H3,(H,27,28). The van der Waals surface area contributed by atoms with E-state index < -0.39 is 0 Å². The van der Waals surface area contributed by atoms with Gasteiger partial charge in [0.2, 0.25) is 5.91 Å². The molecule has 0 spiro atoms. The van der Waals surface area contributed by atoms with Crippen LogP contribution in [0.25, 0.3) is 11.0 Å². The lowest BCUT2D eigenvalue weighted by atomic mass is 9.88. The second kappa shape index (κ2) is 8.78. The van der Waals surface area contributed by atoms with Gasteiger partial charge in [0, 0.05) is 23.4 Å². The molecule has 29 heavy (non-hydrogen) atoms. The Balaban J connectivity index is 1.40. The van der Waals surface area contributed by atoms with Crippen LogP contribution in [0.3, 0.4) is 0 Å². The van der Waals surface area contributed by atoms with Gasteiger partial charge >= 0.3 is 0 Å². The van der Waals surface area contributed by atoms with E-state index in [-0.39, 0.29) is 11.8 Å². The summed E-state index contributed by atoms with van der Waals surface area (Å²) in [5.41, 5.74) is 5.45. The zero-order valence-corrected chi connectivity index (χ0v) is 16.6. The predicted molar refractivity (Wildman–Crippen MR) is 117 cm³/mol. The van der Waals surface area contributed by atoms with Crippen molar-refractivity contribution in [1.29, 1.82) is 0 Å². The minimum absolute atomic E-state index is 0.0214. The molecule has 1 aromatic heterocycles. The molecule has 0 unspecified atom stereocenters. The lowest BCUT2D eigenvalue weighted by Crippen LogP contribution is -2.27. The normalized spacial score (nSPS) is 11.1. The van der Waals surface area contributed by atoms with Crippen LogP contribution < -0.4 is 5.32 Å². The molecule has 4 rings (SSSR count). The maximum atomic E-state index is 12.5. The van der Waals surface area contributed by atoms with Gasteiger partial charge in [-0.2, -0.15) is 0 Å². The van der Waals surface area contributed by atoms with Crippen LogP contribution in [0.5, 0.6) is 0 Å². The van der Waals surface area contributed by atoms with Gasteiger partial charge in [0.05, 0.1) is 12.7 Å². The molecule has 0 aliphatic carbocycles. The Hall–Kier alpha value is -3.33. The van der Waals surface area contributed by atoms with Crippen LogP contribution in [0.1, 0.15) is 34.6 Å². The monoisotopic (exact) mass is 383 g/mol. The van der Waals surface area contributed by atoms with Gasteiger partial charge in [0.25, 0.3) is 0 Å². The van der Waals surface area contributed by atoms with Crippen LogP contribution in [0.2, 0.25) is 0 Å². The lowest BCUT2D eigenvalue weighted by molar-refractivity contribution is -0.120. The van der Waals surface area contributed by atoms with Gasteiger partial charge in [-0.15, -0.1) is 0 Å². The van der Waals surface area contributed by atoms with E-state index in [1.807, 2.05) is 37.3 Å². The lowest BCUT2D eigenvalue weighted by Gasteiger charge is -2.18. The molecule has 3 nitrogen and oxygen atoms in total. The van der Waals surface area contributed by atoms with E-state index in [1.54, 1.807) is 6.26 Å². The second-order valence-corrected chi connectivity index (χ2v) is 7.45. The molecule has 0 radical (unpaired) electrons. The minimum Gasteiger partial charge on any atom is -0.464 e. The number of nitrogens with one attached hydrogen (secondary N) is 1. The molecule has 1 heterocycles. The first-order valence-electron chi connectivity index (χ1n) is 10.0. The van der Waals surface area contributed by atoms with Crippen LogP contribution in [0, 0.1) is 6.92 Å². The molecular formula is C26H25NO2. The largest absolute Gasteiger partial charge is 0.464 e. The number of hydrogen-bond donors (Lipinski definition) is 1. The van der Waals surface area contributed by atoms with Crippen molar-refractivity contribution < 1.29 is 9.21 Å². The summed E-state index contributed by atoms with van der Waals surface area (Å²) >= 11 is 0. The van der Waals surface area contributed by atoms with E-state index >= 15 is 0 Å². The first-order valence-corrected chi connectivity index (χ1v) is 10.0. The molecule has 0 aliphatic heterocycles. The quantitative estimate of drug-likeness (QED) is 0.450. The molecule has 0 bridgehead atoms. The first kappa shape index (κ1) is 19.0. The number of furan rings is 1. The Morgan fingerprint density at radius 3 is 2.24 bits per heavy atom. The number of carbonyl (C=O) groups excluding carboxylic acids is 1. The Labute approximate surface area is 171 Å². The molecule has 0 fully saturated rings. The third kappa shape index (κ3) is 4.57. The highest BCUT2D eigenvalue weighted by Gasteiger charge is 2.15. The third-order valence-electron chi connectivity index (χ3n) is 5.32. The maximum absolute atomic E-state index is 12.5. The SMILES string of the molecule is Cc1ccc2c(CC(=O)NCCC(c3ccccc3)c3ccccc3)coc2c1. The average molecular weight is 383 g/mol. The summed E-state index contributed by atoms with van der Waals surface area (Å²) in [5, 5.41) is 4.10. The predicted octanol–water partition coefficient (Wildman–Crippen LogP) is 5.62. The molecule has 1 amide bonds. The molecule has 0 aliphatic rings. The fourth-order valence-corrected chi connectivity index (χ4v) is 3.82. The summed E-state index contributed by atoms with van der Waals surface area (Å²) in [5.74, 6) is 0.281. The average Bonchev–Trinajstić information content (AvgIpc) is 3.14. The van der Waals surface area contributed by atoms with Gasteiger partial charge in [-0.1, -0.05) is 72.8 Å². The van der Waals surface area contributed by atoms with E-state index in [2.05, 4.69) is 53.8 Å². The van der Waals surface area contributed by atoms with Crippen LogP contribution >= 0.6 is 0 Å². The molecular weight excluding hydrogens is 358 g/mol. The Morgan fingerprint density at radius 2 is 1.59 bits per heavy atom. The van der Waals surface area contributed by atoms with Gasteiger partial charge in [-0.3, -0.25) is 4.79 Å². The fourth-order valence-electron chi connectivity index (χ4n) is 3.82. The van der Waals surface area contributed by atoms with Crippen molar-refractivity contribution in [2.75, 3.05) is 6.54 Å². The third-order valence-corrected chi connectivity index (χ3v) is 5.32. The molecule has 1 N–H and O–H groups in total. The molecule has 3 aromatic carbocycles. The van der Waals surface area contributed by atoms with Crippen LogP contribution in [0.4, 0.5) is 0 Å². The van der Waals surface area contributed by atoms with Crippen molar-refractivity contribution in [1.82, 2.24) is 5.32 Å². The van der Waals surface area contributed by atoms with Crippen LogP contribution in [0.15, 0.2) is 89.5 Å². The maximum Gasteiger partial charge on any atom is 0.224 e. The highest BCUT2D eigenvalue weighted by atomic mass is 16.3. The molecule has 0 saturated heterocycles. The Morgan fingerprint density at radius 1 is 0.931 bits per heavy atom. The van der Waals surface area contributed by atoms with E-state index in [9.17, 15) is 4.79 Å². The molecule has 146 valence electrons. The highest BCUT2D eigenvalue weighted by molar-refractivity contribution is 5.87. The van der Waals surface area contributed by atoms with Gasteiger partial charge in [-0.05, 0) is 36.1 Å². The van der Waals surface area contributed by atoms with Crippen LogP contribution in [-0.2, 0) is 11.2 Å². The summed E-state index contributed by atoms with van der Waals surface area (Å²) in [6.07, 6.45) is 2.88. The van der Waals surface area contributed by atoms with E-state index in [4.69, 9.17) is 4.42 Å². The first-order chi connectivity index (χ1) is 14.2. The Bertz CT molecular complexity index is 1040.